The molecular weight excluding hydrogens is 484 g/mol. The second kappa shape index (κ2) is 14.8. The van der Waals surface area contributed by atoms with E-state index < -0.39 is 0 Å². The average Bonchev–Trinajstić information content (AvgIpc) is 2.91. The summed E-state index contributed by atoms with van der Waals surface area (Å²) in [6.07, 6.45) is 8.98. The lowest BCUT2D eigenvalue weighted by molar-refractivity contribution is -0.146. The van der Waals surface area contributed by atoms with Crippen molar-refractivity contribution in [3.8, 4) is 0 Å². The van der Waals surface area contributed by atoms with Crippen LogP contribution in [0.5, 0.6) is 0 Å². The van der Waals surface area contributed by atoms with Crippen molar-refractivity contribution in [3.63, 3.8) is 0 Å². The number of nitrogens with zero attached hydrogens (tertiary/aromatic N) is 2. The molecule has 2 aliphatic carbocycles. The topological polar surface area (TPSA) is 107 Å². The van der Waals surface area contributed by atoms with Crippen LogP contribution in [0.2, 0.25) is 0 Å². The van der Waals surface area contributed by atoms with Gasteiger partial charge in [0.05, 0.1) is 12.6 Å². The van der Waals surface area contributed by atoms with E-state index in [1.54, 1.807) is 0 Å². The first kappa shape index (κ1) is 29.5. The Morgan fingerprint density at radius 3 is 2.18 bits per heavy atom. The van der Waals surface area contributed by atoms with E-state index in [1.165, 1.54) is 25.7 Å². The summed E-state index contributed by atoms with van der Waals surface area (Å²) in [5.74, 6) is 1.94. The molecule has 38 heavy (non-hydrogen) atoms. The Hall–Kier alpha value is -1.46. The number of piperazine rings is 1. The Balaban J connectivity index is 1.05. The van der Waals surface area contributed by atoms with Crippen LogP contribution in [-0.2, 0) is 14.3 Å². The molecule has 4 aliphatic rings. The lowest BCUT2D eigenvalue weighted by atomic mass is 9.75. The molecule has 0 aromatic rings. The van der Waals surface area contributed by atoms with Crippen molar-refractivity contribution < 1.29 is 19.1 Å². The number of amides is 1. The van der Waals surface area contributed by atoms with E-state index in [0.29, 0.717) is 24.4 Å². The molecule has 0 radical (unpaired) electrons. The first-order valence-electron chi connectivity index (χ1n) is 15.1. The minimum absolute atomic E-state index is 0.0499. The van der Waals surface area contributed by atoms with E-state index in [9.17, 15) is 9.59 Å². The Labute approximate surface area is 229 Å². The Morgan fingerprint density at radius 2 is 1.55 bits per heavy atom. The fraction of sp³-hybridized carbons (Fsp3) is 0.929. The van der Waals surface area contributed by atoms with Gasteiger partial charge < -0.3 is 24.6 Å². The maximum Gasteiger partial charge on any atom is 0.410 e. The summed E-state index contributed by atoms with van der Waals surface area (Å²) in [6, 6.07) is 0.455. The van der Waals surface area contributed by atoms with Crippen molar-refractivity contribution >= 4 is 12.1 Å². The summed E-state index contributed by atoms with van der Waals surface area (Å²) in [6.45, 7) is 10.5. The Morgan fingerprint density at radius 1 is 0.895 bits per heavy atom. The van der Waals surface area contributed by atoms with Gasteiger partial charge in [-0.1, -0.05) is 0 Å². The molecule has 0 spiro atoms. The van der Waals surface area contributed by atoms with Gasteiger partial charge in [0.2, 0.25) is 0 Å². The monoisotopic (exact) mass is 536 g/mol. The highest BCUT2D eigenvalue weighted by Gasteiger charge is 2.32. The normalized spacial score (nSPS) is 33.2. The summed E-state index contributed by atoms with van der Waals surface area (Å²) < 4.78 is 11.0. The molecule has 0 atom stereocenters. The largest absolute Gasteiger partial charge is 0.462 e. The van der Waals surface area contributed by atoms with E-state index >= 15 is 0 Å². The highest BCUT2D eigenvalue weighted by molar-refractivity contribution is 5.71. The number of carbonyl (C=O) groups excluding carboxylic acids is 2. The van der Waals surface area contributed by atoms with Gasteiger partial charge in [-0.25, -0.2) is 4.79 Å². The van der Waals surface area contributed by atoms with Crippen LogP contribution in [0.15, 0.2) is 0 Å². The molecule has 0 aromatic heterocycles. The van der Waals surface area contributed by atoms with Crippen LogP contribution in [0.1, 0.15) is 65.2 Å². The minimum Gasteiger partial charge on any atom is -0.462 e. The Bertz CT molecular complexity index is 723. The van der Waals surface area contributed by atoms with Crippen LogP contribution in [0.25, 0.3) is 0 Å². The molecule has 0 unspecified atom stereocenters. The van der Waals surface area contributed by atoms with Crippen LogP contribution >= 0.6 is 0 Å². The molecule has 1 amide bonds. The van der Waals surface area contributed by atoms with Crippen molar-refractivity contribution in [1.82, 2.24) is 31.1 Å². The predicted molar refractivity (Wildman–Crippen MR) is 148 cm³/mol. The van der Waals surface area contributed by atoms with Gasteiger partial charge in [-0.15, -0.1) is 0 Å². The van der Waals surface area contributed by atoms with Crippen LogP contribution < -0.4 is 21.3 Å². The number of esters is 1. The van der Waals surface area contributed by atoms with Crippen LogP contribution in [0, 0.1) is 17.8 Å². The van der Waals surface area contributed by atoms with Crippen molar-refractivity contribution in [2.24, 2.45) is 17.8 Å². The van der Waals surface area contributed by atoms with Gasteiger partial charge in [0.15, 0.2) is 0 Å². The molecule has 10 heteroatoms. The zero-order valence-corrected chi connectivity index (χ0v) is 23.9. The van der Waals surface area contributed by atoms with Gasteiger partial charge in [0.1, 0.15) is 12.4 Å². The summed E-state index contributed by atoms with van der Waals surface area (Å²) in [7, 11) is 2.09. The maximum absolute atomic E-state index is 12.5. The molecule has 4 fully saturated rings. The molecule has 4 rings (SSSR count). The van der Waals surface area contributed by atoms with Gasteiger partial charge >= 0.3 is 12.1 Å². The average molecular weight is 537 g/mol. The maximum atomic E-state index is 12.5. The fourth-order valence-corrected chi connectivity index (χ4v) is 6.47. The molecule has 2 aliphatic heterocycles. The first-order valence-corrected chi connectivity index (χ1v) is 15.1. The van der Waals surface area contributed by atoms with Crippen LogP contribution in [-0.4, -0.2) is 106 Å². The standard InChI is InChI=1S/C28H52N6O4/c1-20(2)37-26(35)19-29-16-21-4-6-22(7-5-21)23-17-30-27(31-18-23)32-24-8-10-25(11-9-24)38-28(36)34-14-12-33(3)13-15-34/h20-25,27,29-32H,4-19H2,1-3H3. The van der Waals surface area contributed by atoms with E-state index in [1.807, 2.05) is 18.7 Å². The molecule has 10 nitrogen and oxygen atoms in total. The lowest BCUT2D eigenvalue weighted by Gasteiger charge is -2.41. The molecular formula is C28H52N6O4. The lowest BCUT2D eigenvalue weighted by Crippen LogP contribution is -2.63. The molecule has 2 saturated carbocycles. The van der Waals surface area contributed by atoms with Crippen molar-refractivity contribution in [2.45, 2.75) is 89.8 Å². The zero-order valence-electron chi connectivity index (χ0n) is 23.9. The highest BCUT2D eigenvalue weighted by Crippen LogP contribution is 2.33. The van der Waals surface area contributed by atoms with Gasteiger partial charge in [0, 0.05) is 45.3 Å². The summed E-state index contributed by atoms with van der Waals surface area (Å²) in [5.41, 5.74) is 0. The predicted octanol–water partition coefficient (Wildman–Crippen LogP) is 1.71. The third-order valence-corrected chi connectivity index (χ3v) is 8.90. The van der Waals surface area contributed by atoms with Gasteiger partial charge in [0.25, 0.3) is 0 Å². The summed E-state index contributed by atoms with van der Waals surface area (Å²) in [4.78, 5) is 28.3. The quantitative estimate of drug-likeness (QED) is 0.328. The fourth-order valence-electron chi connectivity index (χ4n) is 6.47. The molecule has 2 saturated heterocycles. The number of likely N-dealkylation sites (N-methyl/N-ethyl adjacent to an activating group) is 1. The molecule has 218 valence electrons. The van der Waals surface area contributed by atoms with E-state index in [0.717, 1.165) is 77.4 Å². The van der Waals surface area contributed by atoms with E-state index in [4.69, 9.17) is 9.47 Å². The molecule has 2 heterocycles. The highest BCUT2D eigenvalue weighted by atomic mass is 16.6. The number of hydrogen-bond donors (Lipinski definition) is 4. The van der Waals surface area contributed by atoms with Crippen molar-refractivity contribution in [3.05, 3.63) is 0 Å². The second-order valence-corrected chi connectivity index (χ2v) is 12.3. The third-order valence-electron chi connectivity index (χ3n) is 8.90. The van der Waals surface area contributed by atoms with E-state index in [2.05, 4.69) is 33.2 Å². The van der Waals surface area contributed by atoms with Crippen molar-refractivity contribution in [2.75, 3.05) is 59.4 Å². The second-order valence-electron chi connectivity index (χ2n) is 12.3. The molecule has 0 bridgehead atoms. The van der Waals surface area contributed by atoms with Crippen LogP contribution in [0.3, 0.4) is 0 Å². The third kappa shape index (κ3) is 9.33. The SMILES string of the molecule is CC(C)OC(=O)CNCC1CCC(C2CNC(NC3CCC(OC(=O)N4CCN(C)CC4)CC3)NC2)CC1. The first-order chi connectivity index (χ1) is 18.4. The van der Waals surface area contributed by atoms with Gasteiger partial charge in [-0.3, -0.25) is 20.7 Å². The minimum atomic E-state index is -0.158. The molecule has 4 N–H and O–H groups in total. The number of ether oxygens (including phenoxy) is 2. The smallest absolute Gasteiger partial charge is 0.410 e. The molecule has 0 aromatic carbocycles. The van der Waals surface area contributed by atoms with Crippen LogP contribution in [0.4, 0.5) is 4.79 Å². The van der Waals surface area contributed by atoms with E-state index in [-0.39, 0.29) is 30.6 Å². The number of hydrogen-bond acceptors (Lipinski definition) is 9. The number of carbonyl (C=O) groups is 2. The number of nitrogens with one attached hydrogen (secondary N) is 4. The summed E-state index contributed by atoms with van der Waals surface area (Å²) >= 11 is 0. The van der Waals surface area contributed by atoms with Gasteiger partial charge in [-0.05, 0) is 96.6 Å². The Kier molecular flexibility index (Phi) is 11.5. The van der Waals surface area contributed by atoms with Gasteiger partial charge in [-0.2, -0.15) is 0 Å². The summed E-state index contributed by atoms with van der Waals surface area (Å²) in [5, 5.41) is 14.4. The zero-order chi connectivity index (χ0) is 26.9. The van der Waals surface area contributed by atoms with Crippen molar-refractivity contribution in [1.29, 1.82) is 0 Å². The number of rotatable bonds is 9.